The van der Waals surface area contributed by atoms with Crippen molar-refractivity contribution < 1.29 is 0 Å². The van der Waals surface area contributed by atoms with E-state index >= 15 is 0 Å². The number of nitrogens with one attached hydrogen (secondary N) is 2. The molecule has 0 saturated carbocycles. The van der Waals surface area contributed by atoms with E-state index in [4.69, 9.17) is 0 Å². The van der Waals surface area contributed by atoms with Crippen LogP contribution in [0.5, 0.6) is 0 Å². The van der Waals surface area contributed by atoms with Gasteiger partial charge in [0.2, 0.25) is 0 Å². The first kappa shape index (κ1) is 11.9. The number of hydrogen-bond acceptors (Lipinski definition) is 4. The Hall–Kier alpha value is -1.16. The zero-order chi connectivity index (χ0) is 11.3. The van der Waals surface area contributed by atoms with Crippen LogP contribution in [0.25, 0.3) is 0 Å². The van der Waals surface area contributed by atoms with Gasteiger partial charge in [-0.1, -0.05) is 6.92 Å². The molecule has 1 atom stereocenters. The van der Waals surface area contributed by atoms with Crippen LogP contribution in [-0.4, -0.2) is 30.1 Å². The van der Waals surface area contributed by atoms with Crippen molar-refractivity contribution in [1.29, 1.82) is 0 Å². The van der Waals surface area contributed by atoms with Crippen LogP contribution in [-0.2, 0) is 0 Å². The van der Waals surface area contributed by atoms with Crippen molar-refractivity contribution in [3.8, 4) is 0 Å². The van der Waals surface area contributed by atoms with E-state index < -0.39 is 0 Å². The van der Waals surface area contributed by atoms with Crippen LogP contribution in [0.15, 0.2) is 6.20 Å². The summed E-state index contributed by atoms with van der Waals surface area (Å²) in [5, 5.41) is 6.43. The molecule has 2 N–H and O–H groups in total. The highest BCUT2D eigenvalue weighted by Crippen LogP contribution is 2.06. The number of aromatic nitrogens is 2. The van der Waals surface area contributed by atoms with Gasteiger partial charge in [0.05, 0.1) is 17.6 Å². The molecule has 4 nitrogen and oxygen atoms in total. The fourth-order valence-electron chi connectivity index (χ4n) is 1.33. The lowest BCUT2D eigenvalue weighted by molar-refractivity contribution is 0.568. The zero-order valence-electron chi connectivity index (χ0n) is 9.96. The van der Waals surface area contributed by atoms with Gasteiger partial charge in [-0.15, -0.1) is 0 Å². The van der Waals surface area contributed by atoms with E-state index in [1.165, 1.54) is 0 Å². The minimum atomic E-state index is 0.582. The first-order valence-electron chi connectivity index (χ1n) is 5.32. The molecule has 1 rings (SSSR count). The van der Waals surface area contributed by atoms with Gasteiger partial charge in [0.1, 0.15) is 5.82 Å². The van der Waals surface area contributed by atoms with Gasteiger partial charge in [0, 0.05) is 6.54 Å². The van der Waals surface area contributed by atoms with Gasteiger partial charge in [-0.05, 0) is 33.4 Å². The summed E-state index contributed by atoms with van der Waals surface area (Å²) in [6, 6.07) is 0. The van der Waals surface area contributed by atoms with Crippen LogP contribution >= 0.6 is 0 Å². The maximum absolute atomic E-state index is 4.41. The second-order valence-electron chi connectivity index (χ2n) is 3.97. The monoisotopic (exact) mass is 208 g/mol. The lowest BCUT2D eigenvalue weighted by Crippen LogP contribution is -2.23. The van der Waals surface area contributed by atoms with Crippen LogP contribution in [0.3, 0.4) is 0 Å². The number of hydrogen-bond donors (Lipinski definition) is 2. The molecule has 1 aromatic rings. The van der Waals surface area contributed by atoms with E-state index in [2.05, 4.69) is 27.5 Å². The summed E-state index contributed by atoms with van der Waals surface area (Å²) in [4.78, 5) is 8.67. The highest BCUT2D eigenvalue weighted by Gasteiger charge is 2.02. The smallest absolute Gasteiger partial charge is 0.144 e. The Morgan fingerprint density at radius 3 is 2.60 bits per heavy atom. The standard InChI is InChI=1S/C11H20N4/c1-8(5-12-4)6-14-11-7-13-9(2)10(3)15-11/h7-8,12H,5-6H2,1-4H3,(H,14,15). The Kier molecular flexibility index (Phi) is 4.49. The summed E-state index contributed by atoms with van der Waals surface area (Å²) in [6.45, 7) is 8.06. The molecular weight excluding hydrogens is 188 g/mol. The molecule has 84 valence electrons. The minimum Gasteiger partial charge on any atom is -0.368 e. The van der Waals surface area contributed by atoms with Crippen LogP contribution in [0.2, 0.25) is 0 Å². The minimum absolute atomic E-state index is 0.582. The summed E-state index contributed by atoms with van der Waals surface area (Å²) in [5.41, 5.74) is 1.98. The fourth-order valence-corrected chi connectivity index (χ4v) is 1.33. The van der Waals surface area contributed by atoms with Crippen molar-refractivity contribution in [2.75, 3.05) is 25.5 Å². The molecule has 0 aliphatic rings. The molecule has 0 fully saturated rings. The largest absolute Gasteiger partial charge is 0.368 e. The van der Waals surface area contributed by atoms with Crippen LogP contribution < -0.4 is 10.6 Å². The summed E-state index contributed by atoms with van der Waals surface area (Å²) in [5.74, 6) is 1.44. The van der Waals surface area contributed by atoms with Gasteiger partial charge in [0.15, 0.2) is 0 Å². The summed E-state index contributed by atoms with van der Waals surface area (Å²) in [6.07, 6.45) is 1.79. The molecule has 0 bridgehead atoms. The summed E-state index contributed by atoms with van der Waals surface area (Å²) < 4.78 is 0. The van der Waals surface area contributed by atoms with E-state index in [-0.39, 0.29) is 0 Å². The fraction of sp³-hybridized carbons (Fsp3) is 0.636. The molecule has 1 aromatic heterocycles. The van der Waals surface area contributed by atoms with Crippen molar-refractivity contribution in [2.24, 2.45) is 5.92 Å². The molecular formula is C11H20N4. The highest BCUT2D eigenvalue weighted by molar-refractivity contribution is 5.33. The van der Waals surface area contributed by atoms with Gasteiger partial charge < -0.3 is 10.6 Å². The maximum atomic E-state index is 4.41. The third-order valence-electron chi connectivity index (χ3n) is 2.38. The predicted octanol–water partition coefficient (Wildman–Crippen LogP) is 1.36. The number of nitrogens with zero attached hydrogens (tertiary/aromatic N) is 2. The summed E-state index contributed by atoms with van der Waals surface area (Å²) in [7, 11) is 1.96. The summed E-state index contributed by atoms with van der Waals surface area (Å²) >= 11 is 0. The second-order valence-corrected chi connectivity index (χ2v) is 3.97. The number of rotatable bonds is 5. The number of anilines is 1. The van der Waals surface area contributed by atoms with Crippen LogP contribution in [0, 0.1) is 19.8 Å². The molecule has 0 aromatic carbocycles. The van der Waals surface area contributed by atoms with Crippen molar-refractivity contribution in [2.45, 2.75) is 20.8 Å². The van der Waals surface area contributed by atoms with Gasteiger partial charge in [-0.2, -0.15) is 0 Å². The Morgan fingerprint density at radius 1 is 1.27 bits per heavy atom. The Balaban J connectivity index is 2.47. The van der Waals surface area contributed by atoms with Gasteiger partial charge in [-0.25, -0.2) is 4.98 Å². The Bertz CT molecular complexity index is 311. The van der Waals surface area contributed by atoms with Gasteiger partial charge in [0.25, 0.3) is 0 Å². The van der Waals surface area contributed by atoms with E-state index in [0.717, 1.165) is 30.3 Å². The molecule has 15 heavy (non-hydrogen) atoms. The maximum Gasteiger partial charge on any atom is 0.144 e. The quantitative estimate of drug-likeness (QED) is 0.767. The van der Waals surface area contributed by atoms with E-state index in [0.29, 0.717) is 5.92 Å². The predicted molar refractivity (Wildman–Crippen MR) is 63.1 cm³/mol. The molecule has 0 saturated heterocycles. The van der Waals surface area contributed by atoms with Crippen molar-refractivity contribution in [3.05, 3.63) is 17.6 Å². The highest BCUT2D eigenvalue weighted by atomic mass is 15.0. The third kappa shape index (κ3) is 3.83. The van der Waals surface area contributed by atoms with Gasteiger partial charge in [-0.3, -0.25) is 4.98 Å². The van der Waals surface area contributed by atoms with Gasteiger partial charge >= 0.3 is 0 Å². The second kappa shape index (κ2) is 5.66. The van der Waals surface area contributed by atoms with E-state index in [1.54, 1.807) is 6.20 Å². The molecule has 1 heterocycles. The molecule has 0 amide bonds. The lowest BCUT2D eigenvalue weighted by Gasteiger charge is -2.12. The zero-order valence-corrected chi connectivity index (χ0v) is 9.96. The average Bonchev–Trinajstić information content (AvgIpc) is 2.20. The van der Waals surface area contributed by atoms with Crippen molar-refractivity contribution in [1.82, 2.24) is 15.3 Å². The molecule has 0 aliphatic heterocycles. The normalized spacial score (nSPS) is 12.5. The SMILES string of the molecule is CNCC(C)CNc1cnc(C)c(C)n1. The number of aryl methyl sites for hydroxylation is 2. The first-order valence-corrected chi connectivity index (χ1v) is 5.32. The van der Waals surface area contributed by atoms with E-state index in [1.807, 2.05) is 20.9 Å². The van der Waals surface area contributed by atoms with Crippen molar-refractivity contribution >= 4 is 5.82 Å². The lowest BCUT2D eigenvalue weighted by atomic mass is 10.2. The molecule has 1 unspecified atom stereocenters. The van der Waals surface area contributed by atoms with Crippen LogP contribution in [0.1, 0.15) is 18.3 Å². The van der Waals surface area contributed by atoms with E-state index in [9.17, 15) is 0 Å². The van der Waals surface area contributed by atoms with Crippen LogP contribution in [0.4, 0.5) is 5.82 Å². The molecule has 0 spiro atoms. The first-order chi connectivity index (χ1) is 7.13. The molecule has 4 heteroatoms. The molecule has 0 radical (unpaired) electrons. The molecule has 0 aliphatic carbocycles. The Labute approximate surface area is 91.5 Å². The Morgan fingerprint density at radius 2 is 2.00 bits per heavy atom. The topological polar surface area (TPSA) is 49.8 Å². The van der Waals surface area contributed by atoms with Crippen molar-refractivity contribution in [3.63, 3.8) is 0 Å². The third-order valence-corrected chi connectivity index (χ3v) is 2.38. The average molecular weight is 208 g/mol.